The summed E-state index contributed by atoms with van der Waals surface area (Å²) in [5, 5.41) is 0. The van der Waals surface area contributed by atoms with Crippen molar-refractivity contribution in [2.24, 2.45) is 5.92 Å². The number of unbranched alkanes of at least 4 members (excludes halogenated alkanes) is 1. The monoisotopic (exact) mass is 246 g/mol. The van der Waals surface area contributed by atoms with Gasteiger partial charge in [-0.1, -0.05) is 27.2 Å². The van der Waals surface area contributed by atoms with Gasteiger partial charge in [0.1, 0.15) is 0 Å². The van der Waals surface area contributed by atoms with E-state index in [1.807, 2.05) is 6.92 Å². The molecule has 0 aliphatic rings. The molecule has 0 spiro atoms. The van der Waals surface area contributed by atoms with Crippen LogP contribution in [-0.2, 0) is 19.1 Å². The van der Waals surface area contributed by atoms with Crippen LogP contribution in [0.15, 0.2) is 0 Å². The molecular weight excluding hydrogens is 220 g/mol. The van der Waals surface area contributed by atoms with E-state index in [0.29, 0.717) is 18.8 Å². The molecule has 0 aromatic carbocycles. The summed E-state index contributed by atoms with van der Waals surface area (Å²) in [4.78, 5) is 20.8. The smallest absolute Gasteiger partial charge is 0.305 e. The fraction of sp³-hybridized carbons (Fsp3) is 0.846. The minimum Gasteiger partial charge on any atom is -0.469 e. The first-order valence-electron chi connectivity index (χ1n) is 6.11. The van der Waals surface area contributed by atoms with Crippen LogP contribution in [0, 0.1) is 5.92 Å². The third kappa shape index (κ3) is 17.5. The highest BCUT2D eigenvalue weighted by atomic mass is 16.5. The molecule has 0 bridgehead atoms. The molecule has 0 amide bonds. The van der Waals surface area contributed by atoms with E-state index < -0.39 is 0 Å². The number of methoxy groups -OCH3 is 2. The van der Waals surface area contributed by atoms with Gasteiger partial charge >= 0.3 is 11.9 Å². The molecule has 0 fully saturated rings. The van der Waals surface area contributed by atoms with Gasteiger partial charge in [-0.15, -0.1) is 0 Å². The Morgan fingerprint density at radius 2 is 1.47 bits per heavy atom. The van der Waals surface area contributed by atoms with Gasteiger partial charge in [0, 0.05) is 12.8 Å². The predicted octanol–water partition coefficient (Wildman–Crippen LogP) is 2.95. The van der Waals surface area contributed by atoms with Crippen molar-refractivity contribution in [3.05, 3.63) is 0 Å². The lowest BCUT2D eigenvalue weighted by Crippen LogP contribution is -2.01. The quantitative estimate of drug-likeness (QED) is 0.676. The van der Waals surface area contributed by atoms with Crippen molar-refractivity contribution in [1.82, 2.24) is 0 Å². The van der Waals surface area contributed by atoms with Gasteiger partial charge in [-0.05, 0) is 18.8 Å². The lowest BCUT2D eigenvalue weighted by molar-refractivity contribution is -0.141. The summed E-state index contributed by atoms with van der Waals surface area (Å²) in [6, 6.07) is 0. The summed E-state index contributed by atoms with van der Waals surface area (Å²) in [5.74, 6) is 0.375. The molecule has 4 nitrogen and oxygen atoms in total. The highest BCUT2D eigenvalue weighted by Crippen LogP contribution is 2.03. The van der Waals surface area contributed by atoms with Gasteiger partial charge in [0.15, 0.2) is 0 Å². The Labute approximate surface area is 105 Å². The van der Waals surface area contributed by atoms with Crippen LogP contribution < -0.4 is 0 Å². The predicted molar refractivity (Wildman–Crippen MR) is 67.6 cm³/mol. The van der Waals surface area contributed by atoms with Crippen molar-refractivity contribution in [2.75, 3.05) is 14.2 Å². The van der Waals surface area contributed by atoms with Crippen LogP contribution in [0.3, 0.4) is 0 Å². The van der Waals surface area contributed by atoms with E-state index in [0.717, 1.165) is 19.3 Å². The highest BCUT2D eigenvalue weighted by molar-refractivity contribution is 5.69. The molecule has 0 aromatic heterocycles. The van der Waals surface area contributed by atoms with Crippen molar-refractivity contribution < 1.29 is 19.1 Å². The maximum absolute atomic E-state index is 10.5. The summed E-state index contributed by atoms with van der Waals surface area (Å²) in [7, 11) is 2.83. The van der Waals surface area contributed by atoms with E-state index in [1.165, 1.54) is 14.2 Å². The fourth-order valence-corrected chi connectivity index (χ4v) is 0.932. The van der Waals surface area contributed by atoms with E-state index >= 15 is 0 Å². The lowest BCUT2D eigenvalue weighted by Gasteiger charge is -2.00. The maximum Gasteiger partial charge on any atom is 0.305 e. The second-order valence-corrected chi connectivity index (χ2v) is 4.19. The molecule has 0 rings (SSSR count). The average Bonchev–Trinajstić information content (AvgIpc) is 2.33. The Kier molecular flexibility index (Phi) is 14.0. The van der Waals surface area contributed by atoms with Crippen LogP contribution in [0.5, 0.6) is 0 Å². The second-order valence-electron chi connectivity index (χ2n) is 4.19. The Morgan fingerprint density at radius 1 is 1.00 bits per heavy atom. The van der Waals surface area contributed by atoms with Crippen LogP contribution in [0.25, 0.3) is 0 Å². The Balaban J connectivity index is 0. The Morgan fingerprint density at radius 3 is 1.82 bits per heavy atom. The van der Waals surface area contributed by atoms with E-state index in [4.69, 9.17) is 0 Å². The summed E-state index contributed by atoms with van der Waals surface area (Å²) in [6.45, 7) is 6.22. The zero-order chi connectivity index (χ0) is 13.7. The van der Waals surface area contributed by atoms with Gasteiger partial charge in [-0.25, -0.2) is 0 Å². The zero-order valence-electron chi connectivity index (χ0n) is 11.7. The number of rotatable bonds is 6. The normalized spacial score (nSPS) is 9.29. The molecule has 0 aliphatic carbocycles. The molecule has 17 heavy (non-hydrogen) atoms. The minimum atomic E-state index is -0.108. The summed E-state index contributed by atoms with van der Waals surface area (Å²) < 4.78 is 8.88. The zero-order valence-corrected chi connectivity index (χ0v) is 11.7. The van der Waals surface area contributed by atoms with Gasteiger partial charge in [-0.2, -0.15) is 0 Å². The van der Waals surface area contributed by atoms with Crippen LogP contribution >= 0.6 is 0 Å². The molecule has 0 atom stereocenters. The molecule has 0 aliphatic heterocycles. The van der Waals surface area contributed by atoms with Crippen molar-refractivity contribution >= 4 is 11.9 Å². The van der Waals surface area contributed by atoms with E-state index in [2.05, 4.69) is 23.3 Å². The maximum atomic E-state index is 10.5. The van der Waals surface area contributed by atoms with Gasteiger partial charge in [0.2, 0.25) is 0 Å². The molecule has 0 heterocycles. The molecule has 0 unspecified atom stereocenters. The first-order valence-corrected chi connectivity index (χ1v) is 6.11. The van der Waals surface area contributed by atoms with Crippen molar-refractivity contribution in [3.63, 3.8) is 0 Å². The third-order valence-electron chi connectivity index (χ3n) is 2.12. The van der Waals surface area contributed by atoms with Crippen molar-refractivity contribution in [2.45, 2.75) is 52.9 Å². The first-order chi connectivity index (χ1) is 7.97. The number of esters is 2. The minimum absolute atomic E-state index is 0.105. The molecule has 0 saturated heterocycles. The Hall–Kier alpha value is -1.06. The van der Waals surface area contributed by atoms with Gasteiger partial charge in [0.25, 0.3) is 0 Å². The fourth-order valence-electron chi connectivity index (χ4n) is 0.932. The second kappa shape index (κ2) is 13.0. The van der Waals surface area contributed by atoms with Gasteiger partial charge in [-0.3, -0.25) is 9.59 Å². The van der Waals surface area contributed by atoms with Gasteiger partial charge < -0.3 is 9.47 Å². The standard InChI is InChI=1S/C7H14O2.C6H12O2/c1-6(2)4-5-7(8)9-3;1-3-4-5-6(7)8-2/h6H,4-5H2,1-3H3;3-5H2,1-2H3. The number of carbonyl (C=O) groups excluding carboxylic acids is 2. The van der Waals surface area contributed by atoms with Crippen LogP contribution in [-0.4, -0.2) is 26.2 Å². The number of hydrogen-bond donors (Lipinski definition) is 0. The average molecular weight is 246 g/mol. The largest absolute Gasteiger partial charge is 0.469 e. The van der Waals surface area contributed by atoms with Crippen molar-refractivity contribution in [3.8, 4) is 0 Å². The number of hydrogen-bond acceptors (Lipinski definition) is 4. The molecule has 102 valence electrons. The molecular formula is C13H26O4. The molecule has 0 aromatic rings. The topological polar surface area (TPSA) is 52.6 Å². The van der Waals surface area contributed by atoms with E-state index in [1.54, 1.807) is 0 Å². The molecule has 4 heteroatoms. The highest BCUT2D eigenvalue weighted by Gasteiger charge is 2.00. The molecule has 0 saturated carbocycles. The van der Waals surface area contributed by atoms with Crippen LogP contribution in [0.4, 0.5) is 0 Å². The number of ether oxygens (including phenoxy) is 2. The van der Waals surface area contributed by atoms with Gasteiger partial charge in [0.05, 0.1) is 14.2 Å². The summed E-state index contributed by atoms with van der Waals surface area (Å²) >= 11 is 0. The SMILES string of the molecule is CCCCC(=O)OC.COC(=O)CCC(C)C. The first kappa shape index (κ1) is 18.3. The number of carbonyl (C=O) groups is 2. The molecule has 0 radical (unpaired) electrons. The third-order valence-corrected chi connectivity index (χ3v) is 2.12. The van der Waals surface area contributed by atoms with Crippen LogP contribution in [0.2, 0.25) is 0 Å². The van der Waals surface area contributed by atoms with E-state index in [-0.39, 0.29) is 11.9 Å². The lowest BCUT2D eigenvalue weighted by atomic mass is 10.1. The van der Waals surface area contributed by atoms with Crippen LogP contribution in [0.1, 0.15) is 52.9 Å². The van der Waals surface area contributed by atoms with Crippen molar-refractivity contribution in [1.29, 1.82) is 0 Å². The van der Waals surface area contributed by atoms with E-state index in [9.17, 15) is 9.59 Å². The molecule has 0 N–H and O–H groups in total. The Bertz CT molecular complexity index is 200. The summed E-state index contributed by atoms with van der Waals surface area (Å²) in [6.07, 6.45) is 4.02. The summed E-state index contributed by atoms with van der Waals surface area (Å²) in [5.41, 5.74) is 0.